The fourth-order valence-electron chi connectivity index (χ4n) is 1.96. The third-order valence-electron chi connectivity index (χ3n) is 2.76. The summed E-state index contributed by atoms with van der Waals surface area (Å²) in [5.41, 5.74) is 2.78. The first kappa shape index (κ1) is 13.9. The van der Waals surface area contributed by atoms with Gasteiger partial charge in [-0.25, -0.2) is 0 Å². The third-order valence-corrected chi connectivity index (χ3v) is 3.07. The lowest BCUT2D eigenvalue weighted by Crippen LogP contribution is -2.29. The van der Waals surface area contributed by atoms with Gasteiger partial charge in [0.15, 0.2) is 0 Å². The molecule has 0 heterocycles. The minimum absolute atomic E-state index is 0.0637. The van der Waals surface area contributed by atoms with Crippen molar-refractivity contribution in [2.75, 3.05) is 5.75 Å². The summed E-state index contributed by atoms with van der Waals surface area (Å²) in [5.74, 6) is 0.954. The number of allylic oxidation sites excluding steroid dienone is 2. The van der Waals surface area contributed by atoms with Crippen LogP contribution < -0.4 is 0 Å². The highest BCUT2D eigenvalue weighted by Crippen LogP contribution is 2.28. The quantitative estimate of drug-likeness (QED) is 0.726. The maximum absolute atomic E-state index is 6.07. The standard InChI is InChI=1S/C14H24OS/c1-11-12(8-6-10-16)7-5-9-13(11)15-14(2,3)4/h5,7,13,16H,6,8-10H2,1-4H3/t13-/m0/s1. The van der Waals surface area contributed by atoms with E-state index in [-0.39, 0.29) is 11.7 Å². The second kappa shape index (κ2) is 5.92. The van der Waals surface area contributed by atoms with Crippen molar-refractivity contribution >= 4 is 12.6 Å². The van der Waals surface area contributed by atoms with Crippen molar-refractivity contribution in [2.45, 2.75) is 58.7 Å². The molecule has 1 aliphatic rings. The molecular formula is C14H24OS. The van der Waals surface area contributed by atoms with Crippen molar-refractivity contribution in [3.05, 3.63) is 23.3 Å². The summed E-state index contributed by atoms with van der Waals surface area (Å²) in [6, 6.07) is 0. The van der Waals surface area contributed by atoms with Gasteiger partial charge in [-0.3, -0.25) is 0 Å². The molecule has 92 valence electrons. The van der Waals surface area contributed by atoms with Crippen LogP contribution in [0.3, 0.4) is 0 Å². The van der Waals surface area contributed by atoms with Gasteiger partial charge in [0.1, 0.15) is 0 Å². The molecule has 0 saturated heterocycles. The average molecular weight is 240 g/mol. The number of ether oxygens (including phenoxy) is 1. The highest BCUT2D eigenvalue weighted by molar-refractivity contribution is 7.80. The number of hydrogen-bond donors (Lipinski definition) is 1. The Bertz CT molecular complexity index is 284. The highest BCUT2D eigenvalue weighted by atomic mass is 32.1. The van der Waals surface area contributed by atoms with Crippen LogP contribution in [0.5, 0.6) is 0 Å². The van der Waals surface area contributed by atoms with Gasteiger partial charge in [0, 0.05) is 0 Å². The van der Waals surface area contributed by atoms with Crippen LogP contribution in [-0.4, -0.2) is 17.5 Å². The van der Waals surface area contributed by atoms with E-state index in [4.69, 9.17) is 4.74 Å². The highest BCUT2D eigenvalue weighted by Gasteiger charge is 2.22. The summed E-state index contributed by atoms with van der Waals surface area (Å²) in [6.07, 6.45) is 8.02. The number of rotatable bonds is 4. The number of thiol groups is 1. The second-order valence-corrected chi connectivity index (χ2v) is 5.84. The molecule has 0 aliphatic heterocycles. The summed E-state index contributed by atoms with van der Waals surface area (Å²) < 4.78 is 6.07. The molecule has 0 bridgehead atoms. The van der Waals surface area contributed by atoms with Crippen molar-refractivity contribution in [2.24, 2.45) is 0 Å². The SMILES string of the molecule is CC1=C(CCCS)C=CC[C@@H]1OC(C)(C)C. The van der Waals surface area contributed by atoms with Gasteiger partial charge in [0.2, 0.25) is 0 Å². The summed E-state index contributed by atoms with van der Waals surface area (Å²) >= 11 is 4.26. The zero-order valence-electron chi connectivity index (χ0n) is 10.9. The van der Waals surface area contributed by atoms with Gasteiger partial charge < -0.3 is 4.74 Å². The van der Waals surface area contributed by atoms with E-state index in [1.54, 1.807) is 0 Å². The van der Waals surface area contributed by atoms with Gasteiger partial charge in [0.25, 0.3) is 0 Å². The zero-order chi connectivity index (χ0) is 12.2. The van der Waals surface area contributed by atoms with E-state index in [1.165, 1.54) is 11.1 Å². The Kier molecular flexibility index (Phi) is 5.13. The Morgan fingerprint density at radius 2 is 2.12 bits per heavy atom. The minimum atomic E-state index is -0.0637. The van der Waals surface area contributed by atoms with E-state index in [0.29, 0.717) is 0 Å². The van der Waals surface area contributed by atoms with Crippen LogP contribution in [0.4, 0.5) is 0 Å². The fourth-order valence-corrected chi connectivity index (χ4v) is 2.12. The predicted octanol–water partition coefficient (Wildman–Crippen LogP) is 4.16. The average Bonchev–Trinajstić information content (AvgIpc) is 2.17. The normalized spacial score (nSPS) is 21.7. The Morgan fingerprint density at radius 1 is 1.44 bits per heavy atom. The van der Waals surface area contributed by atoms with Crippen molar-refractivity contribution in [3.8, 4) is 0 Å². The predicted molar refractivity (Wildman–Crippen MR) is 74.2 cm³/mol. The Balaban J connectivity index is 2.68. The minimum Gasteiger partial charge on any atom is -0.368 e. The molecule has 0 radical (unpaired) electrons. The first-order chi connectivity index (χ1) is 7.44. The van der Waals surface area contributed by atoms with Crippen LogP contribution >= 0.6 is 12.6 Å². The first-order valence-corrected chi connectivity index (χ1v) is 6.72. The lowest BCUT2D eigenvalue weighted by atomic mass is 9.93. The van der Waals surface area contributed by atoms with Crippen molar-refractivity contribution < 1.29 is 4.74 Å². The molecule has 1 aliphatic carbocycles. The third kappa shape index (κ3) is 4.34. The van der Waals surface area contributed by atoms with Gasteiger partial charge >= 0.3 is 0 Å². The molecule has 0 unspecified atom stereocenters. The van der Waals surface area contributed by atoms with Crippen LogP contribution in [0.1, 0.15) is 47.0 Å². The molecule has 0 aromatic heterocycles. The molecule has 0 fully saturated rings. The van der Waals surface area contributed by atoms with Gasteiger partial charge in [-0.05, 0) is 63.9 Å². The van der Waals surface area contributed by atoms with E-state index in [1.807, 2.05) is 0 Å². The lowest BCUT2D eigenvalue weighted by molar-refractivity contribution is -0.0423. The van der Waals surface area contributed by atoms with Crippen molar-refractivity contribution in [1.82, 2.24) is 0 Å². The molecular weight excluding hydrogens is 216 g/mol. The van der Waals surface area contributed by atoms with Crippen LogP contribution in [0.15, 0.2) is 23.3 Å². The molecule has 0 amide bonds. The molecule has 2 heteroatoms. The zero-order valence-corrected chi connectivity index (χ0v) is 11.8. The van der Waals surface area contributed by atoms with Crippen molar-refractivity contribution in [1.29, 1.82) is 0 Å². The summed E-state index contributed by atoms with van der Waals surface area (Å²) in [6.45, 7) is 8.55. The van der Waals surface area contributed by atoms with E-state index in [9.17, 15) is 0 Å². The van der Waals surface area contributed by atoms with Crippen LogP contribution in [-0.2, 0) is 4.74 Å². The van der Waals surface area contributed by atoms with E-state index in [0.717, 1.165) is 25.0 Å². The Hall–Kier alpha value is -0.210. The van der Waals surface area contributed by atoms with Gasteiger partial charge in [-0.15, -0.1) is 0 Å². The van der Waals surface area contributed by atoms with Gasteiger partial charge in [-0.2, -0.15) is 12.6 Å². The van der Waals surface area contributed by atoms with Crippen LogP contribution in [0.2, 0.25) is 0 Å². The van der Waals surface area contributed by atoms with Gasteiger partial charge in [-0.1, -0.05) is 12.2 Å². The van der Waals surface area contributed by atoms with Crippen LogP contribution in [0, 0.1) is 0 Å². The molecule has 0 N–H and O–H groups in total. The Labute approximate surface area is 105 Å². The van der Waals surface area contributed by atoms with Gasteiger partial charge in [0.05, 0.1) is 11.7 Å². The first-order valence-electron chi connectivity index (χ1n) is 6.09. The maximum atomic E-state index is 6.07. The summed E-state index contributed by atoms with van der Waals surface area (Å²) in [4.78, 5) is 0. The van der Waals surface area contributed by atoms with Crippen molar-refractivity contribution in [3.63, 3.8) is 0 Å². The lowest BCUT2D eigenvalue weighted by Gasteiger charge is -2.30. The topological polar surface area (TPSA) is 9.23 Å². The molecule has 1 atom stereocenters. The monoisotopic (exact) mass is 240 g/mol. The van der Waals surface area contributed by atoms with E-state index in [2.05, 4.69) is 52.5 Å². The molecule has 0 aromatic rings. The maximum Gasteiger partial charge on any atom is 0.0829 e. The second-order valence-electron chi connectivity index (χ2n) is 5.39. The molecule has 1 rings (SSSR count). The molecule has 1 nitrogen and oxygen atoms in total. The fraction of sp³-hybridized carbons (Fsp3) is 0.714. The van der Waals surface area contributed by atoms with E-state index >= 15 is 0 Å². The summed E-state index contributed by atoms with van der Waals surface area (Å²) in [5, 5.41) is 0. The Morgan fingerprint density at radius 3 is 2.69 bits per heavy atom. The number of hydrogen-bond acceptors (Lipinski definition) is 2. The largest absolute Gasteiger partial charge is 0.368 e. The van der Waals surface area contributed by atoms with E-state index < -0.39 is 0 Å². The molecule has 0 spiro atoms. The molecule has 0 aromatic carbocycles. The van der Waals surface area contributed by atoms with Crippen LogP contribution in [0.25, 0.3) is 0 Å². The summed E-state index contributed by atoms with van der Waals surface area (Å²) in [7, 11) is 0. The smallest absolute Gasteiger partial charge is 0.0829 e. The molecule has 0 saturated carbocycles. The molecule has 16 heavy (non-hydrogen) atoms.